The van der Waals surface area contributed by atoms with Gasteiger partial charge < -0.3 is 14.6 Å². The summed E-state index contributed by atoms with van der Waals surface area (Å²) in [5, 5.41) is 2.68. The second-order valence-electron chi connectivity index (χ2n) is 7.62. The number of rotatable bonds is 3. The zero-order valence-corrected chi connectivity index (χ0v) is 17.6. The van der Waals surface area contributed by atoms with Gasteiger partial charge in [-0.05, 0) is 54.8 Å². The van der Waals surface area contributed by atoms with Crippen LogP contribution in [0, 0.1) is 11.6 Å². The number of carbonyl (C=O) groups excluding carboxylic acids is 1. The van der Waals surface area contributed by atoms with Gasteiger partial charge in [-0.15, -0.1) is 0 Å². The van der Waals surface area contributed by atoms with Crippen molar-refractivity contribution in [2.75, 3.05) is 11.9 Å². The van der Waals surface area contributed by atoms with E-state index < -0.39 is 5.82 Å². The van der Waals surface area contributed by atoms with Crippen molar-refractivity contribution < 1.29 is 18.0 Å². The number of oxazole rings is 1. The van der Waals surface area contributed by atoms with Crippen LogP contribution in [-0.4, -0.2) is 22.5 Å². The van der Waals surface area contributed by atoms with Gasteiger partial charge in [-0.3, -0.25) is 0 Å². The van der Waals surface area contributed by atoms with Crippen LogP contribution < -0.4 is 5.32 Å². The number of nitrogens with zero attached hydrogens (tertiary/aromatic N) is 2. The minimum Gasteiger partial charge on any atom is -0.438 e. The first-order chi connectivity index (χ1) is 15.5. The topological polar surface area (TPSA) is 58.4 Å². The Morgan fingerprint density at radius 2 is 1.94 bits per heavy atom. The Morgan fingerprint density at radius 1 is 1.09 bits per heavy atom. The monoisotopic (exact) mass is 453 g/mol. The number of likely N-dealkylation sites (tertiary alicyclic amines) is 1. The first kappa shape index (κ1) is 20.5. The van der Waals surface area contributed by atoms with E-state index in [9.17, 15) is 13.6 Å². The summed E-state index contributed by atoms with van der Waals surface area (Å²) in [7, 11) is 0. The molecule has 4 aromatic rings. The van der Waals surface area contributed by atoms with Gasteiger partial charge in [0, 0.05) is 17.8 Å². The molecular formula is C24H18ClF2N3O2. The Labute approximate surface area is 187 Å². The number of aromatic nitrogens is 1. The van der Waals surface area contributed by atoms with Crippen molar-refractivity contribution in [1.82, 2.24) is 9.88 Å². The minimum absolute atomic E-state index is 0.0645. The number of fused-ring (bicyclic) bond motifs is 1. The fourth-order valence-electron chi connectivity index (χ4n) is 3.99. The zero-order chi connectivity index (χ0) is 22.2. The van der Waals surface area contributed by atoms with E-state index in [1.807, 2.05) is 0 Å². The molecule has 0 radical (unpaired) electrons. The molecule has 0 bridgehead atoms. The van der Waals surface area contributed by atoms with Gasteiger partial charge in [0.05, 0.1) is 5.02 Å². The van der Waals surface area contributed by atoms with Crippen molar-refractivity contribution >= 4 is 34.4 Å². The number of hydrogen-bond acceptors (Lipinski definition) is 3. The molecule has 1 aliphatic rings. The molecule has 3 aromatic carbocycles. The smallest absolute Gasteiger partial charge is 0.322 e. The molecule has 1 unspecified atom stereocenters. The van der Waals surface area contributed by atoms with Gasteiger partial charge in [0.1, 0.15) is 23.2 Å². The third kappa shape index (κ3) is 3.80. The normalized spacial score (nSPS) is 16.0. The Bertz CT molecular complexity index is 1320. The van der Waals surface area contributed by atoms with Crippen LogP contribution in [0.15, 0.2) is 65.1 Å². The highest BCUT2D eigenvalue weighted by atomic mass is 35.5. The standard InChI is InChI=1S/C24H18ClF2N3O2/c25-17-13-15(8-9-19(17)27)28-24(31)30-11-3-6-21(30)23-29-20-12-14(7-10-22(20)32-23)16-4-1-2-5-18(16)26/h1-2,4-5,7-10,12-13,21H,3,6,11H2,(H,28,31). The zero-order valence-electron chi connectivity index (χ0n) is 16.8. The predicted molar refractivity (Wildman–Crippen MR) is 119 cm³/mol. The maximum atomic E-state index is 14.2. The molecule has 162 valence electrons. The van der Waals surface area contributed by atoms with E-state index in [1.165, 1.54) is 24.3 Å². The van der Waals surface area contributed by atoms with Crippen molar-refractivity contribution in [3.05, 3.63) is 83.2 Å². The van der Waals surface area contributed by atoms with Crippen LogP contribution in [0.1, 0.15) is 24.8 Å². The highest BCUT2D eigenvalue weighted by molar-refractivity contribution is 6.31. The lowest BCUT2D eigenvalue weighted by atomic mass is 10.0. The molecule has 1 atom stereocenters. The molecule has 1 aliphatic heterocycles. The average molecular weight is 454 g/mol. The second kappa shape index (κ2) is 8.24. The van der Waals surface area contributed by atoms with E-state index in [1.54, 1.807) is 41.3 Å². The number of benzene rings is 3. The van der Waals surface area contributed by atoms with Gasteiger partial charge in [0.25, 0.3) is 0 Å². The minimum atomic E-state index is -0.551. The van der Waals surface area contributed by atoms with Gasteiger partial charge in [0.2, 0.25) is 5.89 Å². The molecule has 2 heterocycles. The van der Waals surface area contributed by atoms with Gasteiger partial charge in [0.15, 0.2) is 5.58 Å². The number of halogens is 3. The van der Waals surface area contributed by atoms with E-state index in [0.717, 1.165) is 6.42 Å². The third-order valence-corrected chi connectivity index (χ3v) is 5.85. The highest BCUT2D eigenvalue weighted by Gasteiger charge is 2.33. The Hall–Kier alpha value is -3.45. The molecule has 5 nitrogen and oxygen atoms in total. The lowest BCUT2D eigenvalue weighted by Crippen LogP contribution is -2.34. The van der Waals surface area contributed by atoms with Crippen LogP contribution in [-0.2, 0) is 0 Å². The fraction of sp³-hybridized carbons (Fsp3) is 0.167. The first-order valence-corrected chi connectivity index (χ1v) is 10.6. The molecule has 5 rings (SSSR count). The maximum absolute atomic E-state index is 14.2. The number of hydrogen-bond donors (Lipinski definition) is 1. The summed E-state index contributed by atoms with van der Waals surface area (Å²) >= 11 is 5.81. The third-order valence-electron chi connectivity index (χ3n) is 5.56. The Morgan fingerprint density at radius 3 is 2.75 bits per heavy atom. The quantitative estimate of drug-likeness (QED) is 0.371. The van der Waals surface area contributed by atoms with Crippen LogP contribution in [0.25, 0.3) is 22.2 Å². The van der Waals surface area contributed by atoms with E-state index in [2.05, 4.69) is 10.3 Å². The van der Waals surface area contributed by atoms with Gasteiger partial charge in [-0.1, -0.05) is 35.9 Å². The van der Waals surface area contributed by atoms with Crippen LogP contribution in [0.5, 0.6) is 0 Å². The summed E-state index contributed by atoms with van der Waals surface area (Å²) in [4.78, 5) is 19.1. The van der Waals surface area contributed by atoms with Gasteiger partial charge >= 0.3 is 6.03 Å². The number of amides is 2. The predicted octanol–water partition coefficient (Wildman–Crippen LogP) is 6.80. The first-order valence-electron chi connectivity index (χ1n) is 10.2. The Kier molecular flexibility index (Phi) is 5.27. The number of urea groups is 1. The SMILES string of the molecule is O=C(Nc1ccc(F)c(Cl)c1)N1CCCC1c1nc2cc(-c3ccccc3F)ccc2o1. The summed E-state index contributed by atoms with van der Waals surface area (Å²) in [5.74, 6) is -0.435. The van der Waals surface area contributed by atoms with Crippen molar-refractivity contribution in [2.45, 2.75) is 18.9 Å². The van der Waals surface area contributed by atoms with Crippen molar-refractivity contribution in [3.63, 3.8) is 0 Å². The lowest BCUT2D eigenvalue weighted by molar-refractivity contribution is 0.199. The highest BCUT2D eigenvalue weighted by Crippen LogP contribution is 2.35. The Balaban J connectivity index is 1.40. The molecule has 0 aliphatic carbocycles. The molecule has 32 heavy (non-hydrogen) atoms. The molecule has 0 spiro atoms. The number of carbonyl (C=O) groups is 1. The molecule has 8 heteroatoms. The van der Waals surface area contributed by atoms with E-state index in [0.29, 0.717) is 46.8 Å². The van der Waals surface area contributed by atoms with Crippen molar-refractivity contribution in [1.29, 1.82) is 0 Å². The number of anilines is 1. The second-order valence-corrected chi connectivity index (χ2v) is 8.03. The summed E-state index contributed by atoms with van der Waals surface area (Å²) < 4.78 is 33.5. The summed E-state index contributed by atoms with van der Waals surface area (Å²) in [5.41, 5.74) is 2.75. The van der Waals surface area contributed by atoms with Crippen LogP contribution >= 0.6 is 11.6 Å². The molecule has 2 amide bonds. The summed E-state index contributed by atoms with van der Waals surface area (Å²) in [6, 6.07) is 15.2. The van der Waals surface area contributed by atoms with Crippen molar-refractivity contribution in [2.24, 2.45) is 0 Å². The lowest BCUT2D eigenvalue weighted by Gasteiger charge is -2.22. The largest absolute Gasteiger partial charge is 0.438 e. The van der Waals surface area contributed by atoms with Gasteiger partial charge in [-0.2, -0.15) is 0 Å². The maximum Gasteiger partial charge on any atom is 0.322 e. The average Bonchev–Trinajstić information content (AvgIpc) is 3.43. The van der Waals surface area contributed by atoms with Crippen LogP contribution in [0.3, 0.4) is 0 Å². The molecular weight excluding hydrogens is 436 g/mol. The molecule has 0 saturated carbocycles. The fourth-order valence-corrected chi connectivity index (χ4v) is 4.17. The van der Waals surface area contributed by atoms with E-state index in [-0.39, 0.29) is 22.9 Å². The van der Waals surface area contributed by atoms with Crippen LogP contribution in [0.4, 0.5) is 19.3 Å². The molecule has 1 fully saturated rings. The number of nitrogens with one attached hydrogen (secondary N) is 1. The molecule has 1 N–H and O–H groups in total. The van der Waals surface area contributed by atoms with E-state index in [4.69, 9.17) is 16.0 Å². The van der Waals surface area contributed by atoms with Gasteiger partial charge in [-0.25, -0.2) is 18.6 Å². The van der Waals surface area contributed by atoms with Crippen molar-refractivity contribution in [3.8, 4) is 11.1 Å². The van der Waals surface area contributed by atoms with E-state index >= 15 is 0 Å². The summed E-state index contributed by atoms with van der Waals surface area (Å²) in [6.07, 6.45) is 1.49. The summed E-state index contributed by atoms with van der Waals surface area (Å²) in [6.45, 7) is 0.532. The van der Waals surface area contributed by atoms with Crippen LogP contribution in [0.2, 0.25) is 5.02 Å². The molecule has 1 saturated heterocycles. The molecule has 1 aromatic heterocycles.